The van der Waals surface area contributed by atoms with Crippen molar-refractivity contribution >= 4 is 5.71 Å². The van der Waals surface area contributed by atoms with E-state index in [1.807, 2.05) is 6.92 Å². The molecule has 0 aromatic heterocycles. The van der Waals surface area contributed by atoms with Crippen LogP contribution in [0.3, 0.4) is 0 Å². The second kappa shape index (κ2) is 2.67. The molecule has 0 aromatic carbocycles. The Bertz CT molecular complexity index is 156. The van der Waals surface area contributed by atoms with Gasteiger partial charge < -0.3 is 0 Å². The summed E-state index contributed by atoms with van der Waals surface area (Å²) in [6, 6.07) is 0. The topological polar surface area (TPSA) is 24.4 Å². The lowest BCUT2D eigenvalue weighted by atomic mass is 10.2. The number of hydrogen-bond acceptors (Lipinski definition) is 2. The van der Waals surface area contributed by atoms with Crippen LogP contribution in [0.15, 0.2) is 16.9 Å². The molecule has 0 unspecified atom stereocenters. The van der Waals surface area contributed by atoms with Crippen molar-refractivity contribution in [3.8, 4) is 0 Å². The van der Waals surface area contributed by atoms with Crippen LogP contribution in [0.25, 0.3) is 0 Å². The highest BCUT2D eigenvalue weighted by atomic mass is 15.3. The van der Waals surface area contributed by atoms with Crippen molar-refractivity contribution < 1.29 is 0 Å². The maximum absolute atomic E-state index is 4.08. The van der Waals surface area contributed by atoms with E-state index in [0.29, 0.717) is 0 Å². The molecule has 9 heavy (non-hydrogen) atoms. The minimum Gasteiger partial charge on any atom is -0.283 e. The zero-order chi connectivity index (χ0) is 6.69. The zero-order valence-electron chi connectivity index (χ0n) is 5.94. The second-order valence-corrected chi connectivity index (χ2v) is 2.25. The first kappa shape index (κ1) is 6.33. The summed E-state index contributed by atoms with van der Waals surface area (Å²) in [5.41, 5.74) is 5.36. The summed E-state index contributed by atoms with van der Waals surface area (Å²) >= 11 is 0. The first-order valence-corrected chi connectivity index (χ1v) is 3.31. The first-order chi connectivity index (χ1) is 4.33. The van der Waals surface area contributed by atoms with Gasteiger partial charge in [-0.2, -0.15) is 5.10 Å². The molecule has 0 aromatic rings. The molecule has 0 spiro atoms. The number of nitrogens with zero attached hydrogens (tertiary/aromatic N) is 1. The van der Waals surface area contributed by atoms with Gasteiger partial charge in [-0.15, -0.1) is 0 Å². The van der Waals surface area contributed by atoms with Crippen molar-refractivity contribution in [2.75, 3.05) is 0 Å². The van der Waals surface area contributed by atoms with Gasteiger partial charge in [0.2, 0.25) is 0 Å². The summed E-state index contributed by atoms with van der Waals surface area (Å²) in [6.07, 6.45) is 4.25. The Hall–Kier alpha value is -0.790. The number of rotatable bonds is 1. The predicted molar refractivity (Wildman–Crippen MR) is 39.2 cm³/mol. The maximum atomic E-state index is 4.08. The Morgan fingerprint density at radius 1 is 1.78 bits per heavy atom. The van der Waals surface area contributed by atoms with Crippen LogP contribution < -0.4 is 5.43 Å². The van der Waals surface area contributed by atoms with Crippen LogP contribution in [0.2, 0.25) is 0 Å². The van der Waals surface area contributed by atoms with Crippen molar-refractivity contribution in [2.45, 2.75) is 26.7 Å². The van der Waals surface area contributed by atoms with Gasteiger partial charge in [0.15, 0.2) is 0 Å². The molecule has 2 nitrogen and oxygen atoms in total. The standard InChI is InChI=1S/C7H12N2/c1-3-7-5-4-6(2)8-9-7/h5,9H,3-4H2,1-2H3. The monoisotopic (exact) mass is 124 g/mol. The molecule has 0 saturated carbocycles. The highest BCUT2D eigenvalue weighted by Crippen LogP contribution is 2.03. The van der Waals surface area contributed by atoms with Crippen LogP contribution in [0.5, 0.6) is 0 Å². The summed E-state index contributed by atoms with van der Waals surface area (Å²) in [7, 11) is 0. The summed E-state index contributed by atoms with van der Waals surface area (Å²) in [4.78, 5) is 0. The van der Waals surface area contributed by atoms with E-state index in [0.717, 1.165) is 18.6 Å². The van der Waals surface area contributed by atoms with Crippen molar-refractivity contribution in [3.05, 3.63) is 11.8 Å². The molecule has 1 heterocycles. The fourth-order valence-corrected chi connectivity index (χ4v) is 0.753. The van der Waals surface area contributed by atoms with Gasteiger partial charge >= 0.3 is 0 Å². The summed E-state index contributed by atoms with van der Waals surface area (Å²) in [5.74, 6) is 0. The van der Waals surface area contributed by atoms with E-state index >= 15 is 0 Å². The number of hydrazone groups is 1. The molecule has 0 aliphatic carbocycles. The average Bonchev–Trinajstić information content (AvgIpc) is 1.90. The van der Waals surface area contributed by atoms with Gasteiger partial charge in [-0.1, -0.05) is 13.0 Å². The molecule has 1 N–H and O–H groups in total. The minimum atomic E-state index is 1.01. The SMILES string of the molecule is CCC1=CCC(C)=NN1. The third kappa shape index (κ3) is 1.56. The van der Waals surface area contributed by atoms with E-state index in [2.05, 4.69) is 23.5 Å². The lowest BCUT2D eigenvalue weighted by Gasteiger charge is -2.09. The van der Waals surface area contributed by atoms with Crippen LogP contribution in [0, 0.1) is 0 Å². The Labute approximate surface area is 55.6 Å². The van der Waals surface area contributed by atoms with Crippen LogP contribution in [0.4, 0.5) is 0 Å². The minimum absolute atomic E-state index is 1.01. The van der Waals surface area contributed by atoms with Crippen molar-refractivity contribution in [3.63, 3.8) is 0 Å². The van der Waals surface area contributed by atoms with E-state index < -0.39 is 0 Å². The molecule has 0 bridgehead atoms. The average molecular weight is 124 g/mol. The molecule has 0 radical (unpaired) electrons. The molecule has 1 aliphatic rings. The van der Waals surface area contributed by atoms with Gasteiger partial charge in [-0.05, 0) is 13.3 Å². The summed E-state index contributed by atoms with van der Waals surface area (Å²) in [5, 5.41) is 4.08. The van der Waals surface area contributed by atoms with Gasteiger partial charge in [-0.25, -0.2) is 0 Å². The fraction of sp³-hybridized carbons (Fsp3) is 0.571. The number of hydrogen-bond donors (Lipinski definition) is 1. The van der Waals surface area contributed by atoms with E-state index in [4.69, 9.17) is 0 Å². The van der Waals surface area contributed by atoms with E-state index in [1.165, 1.54) is 5.70 Å². The van der Waals surface area contributed by atoms with Gasteiger partial charge in [0.25, 0.3) is 0 Å². The maximum Gasteiger partial charge on any atom is 0.0389 e. The van der Waals surface area contributed by atoms with Crippen LogP contribution in [0.1, 0.15) is 26.7 Å². The van der Waals surface area contributed by atoms with E-state index in [9.17, 15) is 0 Å². The Balaban J connectivity index is 2.48. The van der Waals surface area contributed by atoms with E-state index in [1.54, 1.807) is 0 Å². The largest absolute Gasteiger partial charge is 0.283 e. The fourth-order valence-electron chi connectivity index (χ4n) is 0.753. The summed E-state index contributed by atoms with van der Waals surface area (Å²) in [6.45, 7) is 4.14. The van der Waals surface area contributed by atoms with Crippen LogP contribution in [-0.2, 0) is 0 Å². The highest BCUT2D eigenvalue weighted by molar-refractivity contribution is 5.83. The molecule has 1 rings (SSSR count). The molecule has 0 amide bonds. The molecule has 2 heteroatoms. The third-order valence-corrected chi connectivity index (χ3v) is 1.42. The number of nitrogens with one attached hydrogen (secondary N) is 1. The van der Waals surface area contributed by atoms with Gasteiger partial charge in [0.1, 0.15) is 0 Å². The zero-order valence-corrected chi connectivity index (χ0v) is 5.94. The molecule has 0 fully saturated rings. The van der Waals surface area contributed by atoms with Crippen molar-refractivity contribution in [1.29, 1.82) is 0 Å². The van der Waals surface area contributed by atoms with Crippen LogP contribution >= 0.6 is 0 Å². The summed E-state index contributed by atoms with van der Waals surface area (Å²) < 4.78 is 0. The lowest BCUT2D eigenvalue weighted by Crippen LogP contribution is -2.12. The van der Waals surface area contributed by atoms with Crippen molar-refractivity contribution in [1.82, 2.24) is 5.43 Å². The molecule has 1 aliphatic heterocycles. The molecule has 0 saturated heterocycles. The first-order valence-electron chi connectivity index (χ1n) is 3.31. The molecule has 0 atom stereocenters. The Morgan fingerprint density at radius 2 is 2.56 bits per heavy atom. The van der Waals surface area contributed by atoms with Crippen molar-refractivity contribution in [2.24, 2.45) is 5.10 Å². The molecular formula is C7H12N2. The lowest BCUT2D eigenvalue weighted by molar-refractivity contribution is 0.802. The van der Waals surface area contributed by atoms with Crippen LogP contribution in [-0.4, -0.2) is 5.71 Å². The molecular weight excluding hydrogens is 112 g/mol. The number of allylic oxidation sites excluding steroid dienone is 2. The van der Waals surface area contributed by atoms with Gasteiger partial charge in [0, 0.05) is 17.8 Å². The second-order valence-electron chi connectivity index (χ2n) is 2.25. The normalized spacial score (nSPS) is 18.0. The van der Waals surface area contributed by atoms with E-state index in [-0.39, 0.29) is 0 Å². The Kier molecular flexibility index (Phi) is 1.88. The predicted octanol–water partition coefficient (Wildman–Crippen LogP) is 1.65. The Morgan fingerprint density at radius 3 is 3.00 bits per heavy atom. The van der Waals surface area contributed by atoms with Gasteiger partial charge in [-0.3, -0.25) is 5.43 Å². The third-order valence-electron chi connectivity index (χ3n) is 1.42. The smallest absolute Gasteiger partial charge is 0.0389 e. The quantitative estimate of drug-likeness (QED) is 0.564. The molecule has 50 valence electrons. The highest BCUT2D eigenvalue weighted by Gasteiger charge is 1.98. The van der Waals surface area contributed by atoms with Gasteiger partial charge in [0.05, 0.1) is 0 Å².